The van der Waals surface area contributed by atoms with Crippen LogP contribution in [0.25, 0.3) is 11.1 Å². The van der Waals surface area contributed by atoms with Gasteiger partial charge in [0.25, 0.3) is 0 Å². The summed E-state index contributed by atoms with van der Waals surface area (Å²) in [6.07, 6.45) is 0. The van der Waals surface area contributed by atoms with Gasteiger partial charge in [-0.1, -0.05) is 57.9 Å². The monoisotopic (exact) mass is 457 g/mol. The first kappa shape index (κ1) is 20.2. The maximum atomic E-state index is 11.9. The molecule has 4 nitrogen and oxygen atoms in total. The number of benzene rings is 3. The van der Waals surface area contributed by atoms with Crippen molar-refractivity contribution in [1.82, 2.24) is 5.32 Å². The molecule has 0 saturated heterocycles. The molecule has 0 radical (unpaired) electrons. The average molecular weight is 459 g/mol. The highest BCUT2D eigenvalue weighted by Crippen LogP contribution is 2.34. The van der Waals surface area contributed by atoms with Crippen molar-refractivity contribution in [2.75, 3.05) is 17.2 Å². The molecular formula is C22H21BrClN3O. The van der Waals surface area contributed by atoms with Crippen LogP contribution >= 0.6 is 27.5 Å². The summed E-state index contributed by atoms with van der Waals surface area (Å²) in [5.41, 5.74) is 5.55. The van der Waals surface area contributed by atoms with E-state index in [0.717, 1.165) is 27.0 Å². The van der Waals surface area contributed by atoms with Gasteiger partial charge in [-0.05, 0) is 55.3 Å². The van der Waals surface area contributed by atoms with Crippen LogP contribution in [0, 0.1) is 6.92 Å². The Morgan fingerprint density at radius 2 is 1.79 bits per heavy atom. The molecule has 144 valence electrons. The zero-order chi connectivity index (χ0) is 20.1. The largest absolute Gasteiger partial charge is 0.354 e. The highest BCUT2D eigenvalue weighted by molar-refractivity contribution is 9.10. The molecule has 3 aromatic rings. The lowest BCUT2D eigenvalue weighted by Gasteiger charge is -2.15. The van der Waals surface area contributed by atoms with Gasteiger partial charge in [0.15, 0.2) is 0 Å². The molecule has 0 aliphatic carbocycles. The summed E-state index contributed by atoms with van der Waals surface area (Å²) in [4.78, 5) is 11.9. The molecule has 28 heavy (non-hydrogen) atoms. The molecule has 3 aromatic carbocycles. The standard InChI is InChI=1S/C22H21BrClN3O/c1-3-25-22(28)27-21-12-15(23)8-11-20(21)26-16-9-10-18(19(24)13-16)17-7-5-4-6-14(17)2/h4-13,26H,3H2,1-2H3,(H2,25,27,28). The minimum absolute atomic E-state index is 0.253. The molecule has 0 spiro atoms. The van der Waals surface area contributed by atoms with Crippen molar-refractivity contribution in [3.8, 4) is 11.1 Å². The lowest BCUT2D eigenvalue weighted by atomic mass is 10.0. The van der Waals surface area contributed by atoms with Crippen molar-refractivity contribution in [3.05, 3.63) is 75.7 Å². The summed E-state index contributed by atoms with van der Waals surface area (Å²) in [6, 6.07) is 19.4. The van der Waals surface area contributed by atoms with Gasteiger partial charge in [-0.3, -0.25) is 0 Å². The van der Waals surface area contributed by atoms with Gasteiger partial charge in [0.1, 0.15) is 0 Å². The summed E-state index contributed by atoms with van der Waals surface area (Å²) in [5, 5.41) is 9.58. The first-order valence-corrected chi connectivity index (χ1v) is 10.1. The van der Waals surface area contributed by atoms with Gasteiger partial charge < -0.3 is 16.0 Å². The van der Waals surface area contributed by atoms with Crippen LogP contribution in [0.5, 0.6) is 0 Å². The Morgan fingerprint density at radius 3 is 2.50 bits per heavy atom. The highest BCUT2D eigenvalue weighted by atomic mass is 79.9. The molecule has 0 aromatic heterocycles. The minimum atomic E-state index is -0.253. The van der Waals surface area contributed by atoms with E-state index in [1.165, 1.54) is 5.56 Å². The first-order valence-electron chi connectivity index (χ1n) is 8.95. The number of urea groups is 1. The minimum Gasteiger partial charge on any atom is -0.354 e. The van der Waals surface area contributed by atoms with E-state index < -0.39 is 0 Å². The summed E-state index contributed by atoms with van der Waals surface area (Å²) in [5.74, 6) is 0. The molecule has 0 bridgehead atoms. The van der Waals surface area contributed by atoms with E-state index in [2.05, 4.69) is 50.9 Å². The van der Waals surface area contributed by atoms with Gasteiger partial charge in [-0.15, -0.1) is 0 Å². The Labute approximate surface area is 178 Å². The zero-order valence-corrected chi connectivity index (χ0v) is 18.0. The predicted molar refractivity (Wildman–Crippen MR) is 122 cm³/mol. The second-order valence-corrected chi connectivity index (χ2v) is 7.63. The number of amides is 2. The quantitative estimate of drug-likeness (QED) is 0.387. The number of hydrogen-bond acceptors (Lipinski definition) is 2. The average Bonchev–Trinajstić information content (AvgIpc) is 2.65. The number of nitrogens with one attached hydrogen (secondary N) is 3. The van der Waals surface area contributed by atoms with Crippen LogP contribution in [0.2, 0.25) is 5.02 Å². The van der Waals surface area contributed by atoms with E-state index in [0.29, 0.717) is 17.3 Å². The van der Waals surface area contributed by atoms with Crippen LogP contribution in [0.1, 0.15) is 12.5 Å². The van der Waals surface area contributed by atoms with E-state index in [-0.39, 0.29) is 6.03 Å². The lowest BCUT2D eigenvalue weighted by Crippen LogP contribution is -2.28. The third-order valence-corrected chi connectivity index (χ3v) is 5.06. The molecule has 0 aliphatic heterocycles. The summed E-state index contributed by atoms with van der Waals surface area (Å²) >= 11 is 10.0. The van der Waals surface area contributed by atoms with Crippen molar-refractivity contribution in [2.24, 2.45) is 0 Å². The molecule has 0 atom stereocenters. The second kappa shape index (κ2) is 9.13. The van der Waals surface area contributed by atoms with Gasteiger partial charge >= 0.3 is 6.03 Å². The number of carbonyl (C=O) groups is 1. The Kier molecular flexibility index (Phi) is 6.60. The predicted octanol–water partition coefficient (Wildman–Crippen LogP) is 6.96. The van der Waals surface area contributed by atoms with E-state index in [9.17, 15) is 4.79 Å². The molecule has 3 rings (SSSR count). The molecule has 0 saturated carbocycles. The van der Waals surface area contributed by atoms with E-state index >= 15 is 0 Å². The molecule has 0 heterocycles. The van der Waals surface area contributed by atoms with E-state index in [1.54, 1.807) is 0 Å². The Bertz CT molecular complexity index is 1010. The first-order chi connectivity index (χ1) is 13.5. The number of halogens is 2. The third-order valence-electron chi connectivity index (χ3n) is 4.25. The van der Waals surface area contributed by atoms with Gasteiger partial charge in [0, 0.05) is 22.3 Å². The van der Waals surface area contributed by atoms with E-state index in [1.807, 2.05) is 55.5 Å². The van der Waals surface area contributed by atoms with Crippen LogP contribution in [-0.4, -0.2) is 12.6 Å². The van der Waals surface area contributed by atoms with Crippen LogP contribution < -0.4 is 16.0 Å². The number of anilines is 3. The Morgan fingerprint density at radius 1 is 1.00 bits per heavy atom. The number of rotatable bonds is 5. The van der Waals surface area contributed by atoms with Gasteiger partial charge in [-0.25, -0.2) is 4.79 Å². The van der Waals surface area contributed by atoms with Gasteiger partial charge in [0.05, 0.1) is 16.4 Å². The van der Waals surface area contributed by atoms with Crippen LogP contribution in [0.3, 0.4) is 0 Å². The van der Waals surface area contributed by atoms with Crippen molar-refractivity contribution in [3.63, 3.8) is 0 Å². The van der Waals surface area contributed by atoms with Crippen molar-refractivity contribution in [2.45, 2.75) is 13.8 Å². The fraction of sp³-hybridized carbons (Fsp3) is 0.136. The van der Waals surface area contributed by atoms with Crippen molar-refractivity contribution >= 4 is 50.6 Å². The molecule has 0 unspecified atom stereocenters. The van der Waals surface area contributed by atoms with Crippen LogP contribution in [0.15, 0.2) is 65.1 Å². The normalized spacial score (nSPS) is 10.4. The molecular weight excluding hydrogens is 438 g/mol. The summed E-state index contributed by atoms with van der Waals surface area (Å²) in [6.45, 7) is 4.50. The zero-order valence-electron chi connectivity index (χ0n) is 15.6. The summed E-state index contributed by atoms with van der Waals surface area (Å²) < 4.78 is 0.873. The van der Waals surface area contributed by atoms with Gasteiger partial charge in [0.2, 0.25) is 0 Å². The highest BCUT2D eigenvalue weighted by Gasteiger charge is 2.10. The number of hydrogen-bond donors (Lipinski definition) is 3. The molecule has 0 aliphatic rings. The molecule has 0 fully saturated rings. The SMILES string of the molecule is CCNC(=O)Nc1cc(Br)ccc1Nc1ccc(-c2ccccc2C)c(Cl)c1. The van der Waals surface area contributed by atoms with Crippen molar-refractivity contribution < 1.29 is 4.79 Å². The topological polar surface area (TPSA) is 53.2 Å². The molecule has 6 heteroatoms. The Hall–Kier alpha value is -2.50. The lowest BCUT2D eigenvalue weighted by molar-refractivity contribution is 0.252. The fourth-order valence-electron chi connectivity index (χ4n) is 2.90. The molecule has 3 N–H and O–H groups in total. The maximum Gasteiger partial charge on any atom is 0.319 e. The second-order valence-electron chi connectivity index (χ2n) is 6.31. The molecule has 2 amide bonds. The summed E-state index contributed by atoms with van der Waals surface area (Å²) in [7, 11) is 0. The van der Waals surface area contributed by atoms with Crippen LogP contribution in [-0.2, 0) is 0 Å². The fourth-order valence-corrected chi connectivity index (χ4v) is 3.54. The number of aryl methyl sites for hydroxylation is 1. The van der Waals surface area contributed by atoms with Crippen LogP contribution in [0.4, 0.5) is 21.9 Å². The van der Waals surface area contributed by atoms with Crippen molar-refractivity contribution in [1.29, 1.82) is 0 Å². The maximum absolute atomic E-state index is 11.9. The van der Waals surface area contributed by atoms with Gasteiger partial charge in [-0.2, -0.15) is 0 Å². The Balaban J connectivity index is 1.87. The smallest absolute Gasteiger partial charge is 0.319 e. The third kappa shape index (κ3) is 4.86. The number of carbonyl (C=O) groups excluding carboxylic acids is 1. The van der Waals surface area contributed by atoms with E-state index in [4.69, 9.17) is 11.6 Å².